The Hall–Kier alpha value is -2.27. The molecule has 0 radical (unpaired) electrons. The molecular weight excluding hydrogens is 256 g/mol. The maximum Gasteiger partial charge on any atom is 0.179 e. The molecule has 106 valence electrons. The standard InChI is InChI=1S/C19H20N2/c20-15-21-13-5-4-8-19(21)18-11-9-17(10-12-18)14-16-6-2-1-3-7-16/h1-3,6-7,9-12,19H,4-5,8,13-14H2. The van der Waals surface area contributed by atoms with Gasteiger partial charge in [0.25, 0.3) is 0 Å². The second-order valence-corrected chi connectivity index (χ2v) is 5.71. The van der Waals surface area contributed by atoms with Gasteiger partial charge >= 0.3 is 0 Å². The number of benzene rings is 2. The normalized spacial score (nSPS) is 18.2. The molecule has 0 amide bonds. The fourth-order valence-electron chi connectivity index (χ4n) is 3.09. The van der Waals surface area contributed by atoms with Gasteiger partial charge in [-0.2, -0.15) is 5.26 Å². The third-order valence-corrected chi connectivity index (χ3v) is 4.25. The molecule has 3 rings (SSSR count). The fraction of sp³-hybridized carbons (Fsp3) is 0.316. The van der Waals surface area contributed by atoms with Crippen LogP contribution in [-0.2, 0) is 6.42 Å². The Labute approximate surface area is 126 Å². The summed E-state index contributed by atoms with van der Waals surface area (Å²) in [6.07, 6.45) is 6.75. The van der Waals surface area contributed by atoms with Gasteiger partial charge in [0.2, 0.25) is 0 Å². The topological polar surface area (TPSA) is 27.0 Å². The van der Waals surface area contributed by atoms with Crippen LogP contribution in [0.4, 0.5) is 0 Å². The zero-order chi connectivity index (χ0) is 14.5. The predicted molar refractivity (Wildman–Crippen MR) is 84.6 cm³/mol. The van der Waals surface area contributed by atoms with Gasteiger partial charge in [0, 0.05) is 6.54 Å². The van der Waals surface area contributed by atoms with E-state index in [1.807, 2.05) is 11.0 Å². The molecule has 2 nitrogen and oxygen atoms in total. The molecule has 2 heteroatoms. The van der Waals surface area contributed by atoms with Gasteiger partial charge in [0.1, 0.15) is 0 Å². The summed E-state index contributed by atoms with van der Waals surface area (Å²) in [6.45, 7) is 0.896. The van der Waals surface area contributed by atoms with Gasteiger partial charge in [-0.3, -0.25) is 0 Å². The van der Waals surface area contributed by atoms with E-state index in [1.54, 1.807) is 0 Å². The lowest BCUT2D eigenvalue weighted by atomic mass is 9.94. The molecule has 0 N–H and O–H groups in total. The van der Waals surface area contributed by atoms with E-state index in [9.17, 15) is 5.26 Å². The molecule has 2 aromatic carbocycles. The average Bonchev–Trinajstić information content (AvgIpc) is 2.56. The minimum Gasteiger partial charge on any atom is -0.303 e. The van der Waals surface area contributed by atoms with E-state index in [1.165, 1.54) is 23.1 Å². The molecule has 1 fully saturated rings. The SMILES string of the molecule is N#CN1CCCCC1c1ccc(Cc2ccccc2)cc1. The van der Waals surface area contributed by atoms with E-state index in [-0.39, 0.29) is 6.04 Å². The predicted octanol–water partition coefficient (Wildman–Crippen LogP) is 4.29. The number of hydrogen-bond acceptors (Lipinski definition) is 2. The monoisotopic (exact) mass is 276 g/mol. The van der Waals surface area contributed by atoms with Crippen molar-refractivity contribution < 1.29 is 0 Å². The molecule has 2 aromatic rings. The molecule has 0 aliphatic carbocycles. The Morgan fingerprint density at radius 1 is 0.952 bits per heavy atom. The van der Waals surface area contributed by atoms with Crippen LogP contribution in [0.1, 0.15) is 42.0 Å². The first kappa shape index (κ1) is 13.7. The summed E-state index contributed by atoms with van der Waals surface area (Å²) >= 11 is 0. The van der Waals surface area contributed by atoms with E-state index in [0.717, 1.165) is 25.8 Å². The quantitative estimate of drug-likeness (QED) is 0.782. The van der Waals surface area contributed by atoms with Crippen LogP contribution in [0.5, 0.6) is 0 Å². The van der Waals surface area contributed by atoms with Crippen molar-refractivity contribution in [2.45, 2.75) is 31.7 Å². The summed E-state index contributed by atoms with van der Waals surface area (Å²) in [6, 6.07) is 19.6. The van der Waals surface area contributed by atoms with Crippen molar-refractivity contribution >= 4 is 0 Å². The Bertz CT molecular complexity index is 610. The number of hydrogen-bond donors (Lipinski definition) is 0. The summed E-state index contributed by atoms with van der Waals surface area (Å²) in [5.41, 5.74) is 3.93. The van der Waals surface area contributed by atoms with Crippen molar-refractivity contribution in [2.75, 3.05) is 6.54 Å². The molecule has 1 unspecified atom stereocenters. The van der Waals surface area contributed by atoms with Crippen molar-refractivity contribution in [3.8, 4) is 6.19 Å². The van der Waals surface area contributed by atoms with Gasteiger partial charge in [-0.1, -0.05) is 54.6 Å². The van der Waals surface area contributed by atoms with Gasteiger partial charge in [0.15, 0.2) is 6.19 Å². The van der Waals surface area contributed by atoms with E-state index < -0.39 is 0 Å². The molecular formula is C19H20N2. The highest BCUT2D eigenvalue weighted by Crippen LogP contribution is 2.30. The molecule has 0 saturated carbocycles. The summed E-state index contributed by atoms with van der Waals surface area (Å²) in [5.74, 6) is 0. The van der Waals surface area contributed by atoms with Crippen LogP contribution in [0.25, 0.3) is 0 Å². The molecule has 0 aromatic heterocycles. The van der Waals surface area contributed by atoms with E-state index in [4.69, 9.17) is 0 Å². The van der Waals surface area contributed by atoms with Gasteiger partial charge in [0.05, 0.1) is 6.04 Å². The van der Waals surface area contributed by atoms with Crippen LogP contribution < -0.4 is 0 Å². The molecule has 1 saturated heterocycles. The highest BCUT2D eigenvalue weighted by molar-refractivity contribution is 5.30. The Morgan fingerprint density at radius 3 is 2.38 bits per heavy atom. The Morgan fingerprint density at radius 2 is 1.67 bits per heavy atom. The van der Waals surface area contributed by atoms with E-state index in [2.05, 4.69) is 54.7 Å². The Kier molecular flexibility index (Phi) is 4.21. The third-order valence-electron chi connectivity index (χ3n) is 4.25. The highest BCUT2D eigenvalue weighted by atomic mass is 15.2. The molecule has 1 atom stereocenters. The number of nitriles is 1. The number of likely N-dealkylation sites (tertiary alicyclic amines) is 1. The molecule has 21 heavy (non-hydrogen) atoms. The van der Waals surface area contributed by atoms with E-state index in [0.29, 0.717) is 0 Å². The largest absolute Gasteiger partial charge is 0.303 e. The lowest BCUT2D eigenvalue weighted by Gasteiger charge is -2.31. The molecule has 1 heterocycles. The maximum absolute atomic E-state index is 9.25. The smallest absolute Gasteiger partial charge is 0.179 e. The maximum atomic E-state index is 9.25. The summed E-state index contributed by atoms with van der Waals surface area (Å²) < 4.78 is 0. The summed E-state index contributed by atoms with van der Waals surface area (Å²) in [5, 5.41) is 9.25. The second-order valence-electron chi connectivity index (χ2n) is 5.71. The van der Waals surface area contributed by atoms with Crippen LogP contribution in [0.2, 0.25) is 0 Å². The van der Waals surface area contributed by atoms with Gasteiger partial charge < -0.3 is 4.90 Å². The number of rotatable bonds is 3. The first-order valence-electron chi connectivity index (χ1n) is 7.66. The van der Waals surface area contributed by atoms with E-state index >= 15 is 0 Å². The second kappa shape index (κ2) is 6.45. The molecule has 0 spiro atoms. The minimum absolute atomic E-state index is 0.273. The first-order chi connectivity index (χ1) is 10.4. The number of piperidine rings is 1. The fourth-order valence-corrected chi connectivity index (χ4v) is 3.09. The minimum atomic E-state index is 0.273. The van der Waals surface area contributed by atoms with Crippen LogP contribution in [0.3, 0.4) is 0 Å². The summed E-state index contributed by atoms with van der Waals surface area (Å²) in [4.78, 5) is 1.93. The zero-order valence-electron chi connectivity index (χ0n) is 12.2. The third kappa shape index (κ3) is 3.25. The van der Waals surface area contributed by atoms with Crippen LogP contribution in [-0.4, -0.2) is 11.4 Å². The van der Waals surface area contributed by atoms with Crippen molar-refractivity contribution in [2.24, 2.45) is 0 Å². The molecule has 1 aliphatic heterocycles. The molecule has 1 aliphatic rings. The lowest BCUT2D eigenvalue weighted by molar-refractivity contribution is 0.227. The average molecular weight is 276 g/mol. The van der Waals surface area contributed by atoms with Crippen LogP contribution >= 0.6 is 0 Å². The Balaban J connectivity index is 1.73. The van der Waals surface area contributed by atoms with Crippen molar-refractivity contribution in [3.63, 3.8) is 0 Å². The molecule has 0 bridgehead atoms. The zero-order valence-corrected chi connectivity index (χ0v) is 12.2. The van der Waals surface area contributed by atoms with Gasteiger partial charge in [-0.05, 0) is 42.4 Å². The highest BCUT2D eigenvalue weighted by Gasteiger charge is 2.22. The summed E-state index contributed by atoms with van der Waals surface area (Å²) in [7, 11) is 0. The first-order valence-corrected chi connectivity index (χ1v) is 7.66. The van der Waals surface area contributed by atoms with Crippen LogP contribution in [0.15, 0.2) is 54.6 Å². The van der Waals surface area contributed by atoms with Gasteiger partial charge in [-0.25, -0.2) is 0 Å². The van der Waals surface area contributed by atoms with Crippen LogP contribution in [0, 0.1) is 11.5 Å². The van der Waals surface area contributed by atoms with Gasteiger partial charge in [-0.15, -0.1) is 0 Å². The van der Waals surface area contributed by atoms with Crippen molar-refractivity contribution in [3.05, 3.63) is 71.3 Å². The number of nitrogens with zero attached hydrogens (tertiary/aromatic N) is 2. The van der Waals surface area contributed by atoms with Crippen molar-refractivity contribution in [1.82, 2.24) is 4.90 Å². The lowest BCUT2D eigenvalue weighted by Crippen LogP contribution is -2.29. The van der Waals surface area contributed by atoms with Crippen molar-refractivity contribution in [1.29, 1.82) is 5.26 Å².